The fourth-order valence-corrected chi connectivity index (χ4v) is 2.14. The number of carbonyl (C=O) groups is 1. The highest BCUT2D eigenvalue weighted by Crippen LogP contribution is 2.16. The van der Waals surface area contributed by atoms with Crippen LogP contribution in [0.15, 0.2) is 24.3 Å². The number of nitrogens with one attached hydrogen (secondary N) is 1. The van der Waals surface area contributed by atoms with Crippen molar-refractivity contribution < 1.29 is 13.6 Å². The number of rotatable bonds is 4. The van der Waals surface area contributed by atoms with Crippen molar-refractivity contribution in [1.29, 1.82) is 0 Å². The summed E-state index contributed by atoms with van der Waals surface area (Å²) in [4.78, 5) is 13.2. The van der Waals surface area contributed by atoms with Gasteiger partial charge in [-0.2, -0.15) is 8.78 Å². The minimum Gasteiger partial charge on any atom is -0.321 e. The second-order valence-electron chi connectivity index (χ2n) is 4.47. The van der Waals surface area contributed by atoms with Gasteiger partial charge in [-0.05, 0) is 43.6 Å². The highest BCUT2D eigenvalue weighted by molar-refractivity contribution is 5.93. The molecule has 1 N–H and O–H groups in total. The minimum atomic E-state index is -2.98. The fourth-order valence-electron chi connectivity index (χ4n) is 2.14. The van der Waals surface area contributed by atoms with Gasteiger partial charge in [0.25, 0.3) is 5.91 Å². The number of halogens is 2. The van der Waals surface area contributed by atoms with Crippen LogP contribution < -0.4 is 5.32 Å². The number of anilines is 1. The average Bonchev–Trinajstić information content (AvgIpc) is 2.82. The molecule has 0 spiro atoms. The van der Waals surface area contributed by atoms with Gasteiger partial charge < -0.3 is 5.32 Å². The van der Waals surface area contributed by atoms with E-state index in [1.807, 2.05) is 6.07 Å². The van der Waals surface area contributed by atoms with Gasteiger partial charge in [0.2, 0.25) is 0 Å². The van der Waals surface area contributed by atoms with E-state index < -0.39 is 12.3 Å². The van der Waals surface area contributed by atoms with E-state index in [0.717, 1.165) is 25.2 Å². The molecule has 98 valence electrons. The molecule has 0 aliphatic carbocycles. The van der Waals surface area contributed by atoms with Gasteiger partial charge >= 0.3 is 6.43 Å². The first-order chi connectivity index (χ1) is 8.65. The molecule has 0 atom stereocenters. The lowest BCUT2D eigenvalue weighted by molar-refractivity contribution is -0.126. The first kappa shape index (κ1) is 13.0. The van der Waals surface area contributed by atoms with Crippen molar-refractivity contribution in [1.82, 2.24) is 4.90 Å². The monoisotopic (exact) mass is 254 g/mol. The van der Waals surface area contributed by atoms with Gasteiger partial charge in [-0.15, -0.1) is 0 Å². The zero-order valence-electron chi connectivity index (χ0n) is 10.0. The topological polar surface area (TPSA) is 32.3 Å². The predicted octanol–water partition coefficient (Wildman–Crippen LogP) is 2.49. The first-order valence-corrected chi connectivity index (χ1v) is 6.05. The molecule has 1 aliphatic heterocycles. The molecule has 0 saturated carbocycles. The van der Waals surface area contributed by atoms with Gasteiger partial charge in [0.15, 0.2) is 0 Å². The Morgan fingerprint density at radius 2 is 2.06 bits per heavy atom. The van der Waals surface area contributed by atoms with Crippen LogP contribution in [0.25, 0.3) is 0 Å². The van der Waals surface area contributed by atoms with Crippen LogP contribution in [-0.4, -0.2) is 30.3 Å². The summed E-state index contributed by atoms with van der Waals surface area (Å²) in [5.41, 5.74) is 1.46. The lowest BCUT2D eigenvalue weighted by Crippen LogP contribution is -2.21. The Balaban J connectivity index is 1.98. The summed E-state index contributed by atoms with van der Waals surface area (Å²) >= 11 is 0. The van der Waals surface area contributed by atoms with Crippen molar-refractivity contribution in [2.24, 2.45) is 0 Å². The molecular formula is C13H16F2N2O. The van der Waals surface area contributed by atoms with Crippen LogP contribution in [0.2, 0.25) is 0 Å². The van der Waals surface area contributed by atoms with Gasteiger partial charge in [0.05, 0.1) is 0 Å². The molecular weight excluding hydrogens is 238 g/mol. The van der Waals surface area contributed by atoms with Crippen LogP contribution in [0, 0.1) is 0 Å². The Labute approximate surface area is 105 Å². The van der Waals surface area contributed by atoms with Crippen molar-refractivity contribution in [3.8, 4) is 0 Å². The van der Waals surface area contributed by atoms with Gasteiger partial charge in [0.1, 0.15) is 0 Å². The number of carbonyl (C=O) groups excluding carboxylic acids is 1. The molecule has 0 bridgehead atoms. The van der Waals surface area contributed by atoms with E-state index in [1.165, 1.54) is 12.8 Å². The maximum Gasteiger partial charge on any atom is 0.315 e. The zero-order valence-corrected chi connectivity index (χ0v) is 10.0. The summed E-state index contributed by atoms with van der Waals surface area (Å²) < 4.78 is 24.2. The Kier molecular flexibility index (Phi) is 4.25. The van der Waals surface area contributed by atoms with E-state index >= 15 is 0 Å². The lowest BCUT2D eigenvalue weighted by Gasteiger charge is -2.15. The van der Waals surface area contributed by atoms with Crippen LogP contribution in [0.4, 0.5) is 14.5 Å². The molecule has 2 rings (SSSR count). The first-order valence-electron chi connectivity index (χ1n) is 6.05. The molecule has 18 heavy (non-hydrogen) atoms. The second-order valence-corrected chi connectivity index (χ2v) is 4.47. The van der Waals surface area contributed by atoms with Gasteiger partial charge in [0, 0.05) is 12.2 Å². The largest absolute Gasteiger partial charge is 0.321 e. The minimum absolute atomic E-state index is 0.428. The SMILES string of the molecule is O=C(Nc1cccc(CN2CCCC2)c1)C(F)F. The standard InChI is InChI=1S/C13H16F2N2O/c14-12(15)13(18)16-11-5-3-4-10(8-11)9-17-6-1-2-7-17/h3-5,8,12H,1-2,6-7,9H2,(H,16,18). The van der Waals surface area contributed by atoms with Crippen molar-refractivity contribution in [3.63, 3.8) is 0 Å². The average molecular weight is 254 g/mol. The van der Waals surface area contributed by atoms with Gasteiger partial charge in [-0.25, -0.2) is 0 Å². The molecule has 3 nitrogen and oxygen atoms in total. The Morgan fingerprint density at radius 1 is 1.33 bits per heavy atom. The molecule has 1 aromatic carbocycles. The van der Waals surface area contributed by atoms with Crippen LogP contribution in [-0.2, 0) is 11.3 Å². The Hall–Kier alpha value is -1.49. The molecule has 5 heteroatoms. The molecule has 1 aromatic rings. The second kappa shape index (κ2) is 5.91. The van der Waals surface area contributed by atoms with Gasteiger partial charge in [-0.3, -0.25) is 9.69 Å². The highest BCUT2D eigenvalue weighted by atomic mass is 19.3. The number of hydrogen-bond donors (Lipinski definition) is 1. The van der Waals surface area contributed by atoms with E-state index in [-0.39, 0.29) is 0 Å². The number of amides is 1. The summed E-state index contributed by atoms with van der Waals surface area (Å²) in [6.45, 7) is 2.96. The summed E-state index contributed by atoms with van der Waals surface area (Å²) in [6.07, 6.45) is -0.559. The number of likely N-dealkylation sites (tertiary alicyclic amines) is 1. The molecule has 0 radical (unpaired) electrons. The maximum absolute atomic E-state index is 12.1. The number of benzene rings is 1. The van der Waals surface area contributed by atoms with Crippen molar-refractivity contribution in [2.45, 2.75) is 25.8 Å². The molecule has 1 saturated heterocycles. The van der Waals surface area contributed by atoms with Crippen molar-refractivity contribution in [3.05, 3.63) is 29.8 Å². The quantitative estimate of drug-likeness (QED) is 0.895. The molecule has 1 aliphatic rings. The zero-order chi connectivity index (χ0) is 13.0. The Bertz CT molecular complexity index is 417. The van der Waals surface area contributed by atoms with Crippen molar-refractivity contribution >= 4 is 11.6 Å². The summed E-state index contributed by atoms with van der Waals surface area (Å²) in [5.74, 6) is -1.26. The third kappa shape index (κ3) is 3.50. The molecule has 1 fully saturated rings. The number of alkyl halides is 2. The third-order valence-corrected chi connectivity index (χ3v) is 3.00. The van der Waals surface area contributed by atoms with Crippen LogP contribution in [0.3, 0.4) is 0 Å². The smallest absolute Gasteiger partial charge is 0.315 e. The van der Waals surface area contributed by atoms with E-state index in [0.29, 0.717) is 5.69 Å². The van der Waals surface area contributed by atoms with E-state index in [9.17, 15) is 13.6 Å². The predicted molar refractivity (Wildman–Crippen MR) is 65.6 cm³/mol. The number of nitrogens with zero attached hydrogens (tertiary/aromatic N) is 1. The summed E-state index contributed by atoms with van der Waals surface area (Å²) in [5, 5.41) is 2.20. The number of hydrogen-bond acceptors (Lipinski definition) is 2. The van der Waals surface area contributed by atoms with Crippen molar-refractivity contribution in [2.75, 3.05) is 18.4 Å². The van der Waals surface area contributed by atoms with Crippen LogP contribution >= 0.6 is 0 Å². The maximum atomic E-state index is 12.1. The summed E-state index contributed by atoms with van der Waals surface area (Å²) in [7, 11) is 0. The lowest BCUT2D eigenvalue weighted by atomic mass is 10.2. The molecule has 0 unspecified atom stereocenters. The van der Waals surface area contributed by atoms with Gasteiger partial charge in [-0.1, -0.05) is 12.1 Å². The molecule has 1 amide bonds. The molecule has 1 heterocycles. The van der Waals surface area contributed by atoms with Crippen LogP contribution in [0.1, 0.15) is 18.4 Å². The Morgan fingerprint density at radius 3 is 2.72 bits per heavy atom. The fraction of sp³-hybridized carbons (Fsp3) is 0.462. The third-order valence-electron chi connectivity index (χ3n) is 3.00. The summed E-state index contributed by atoms with van der Waals surface area (Å²) in [6, 6.07) is 7.08. The molecule has 0 aromatic heterocycles. The van der Waals surface area contributed by atoms with E-state index in [1.54, 1.807) is 18.2 Å². The van der Waals surface area contributed by atoms with E-state index in [2.05, 4.69) is 10.2 Å². The van der Waals surface area contributed by atoms with Crippen LogP contribution in [0.5, 0.6) is 0 Å². The van der Waals surface area contributed by atoms with E-state index in [4.69, 9.17) is 0 Å². The normalized spacial score (nSPS) is 16.2. The highest BCUT2D eigenvalue weighted by Gasteiger charge is 2.15.